The van der Waals surface area contributed by atoms with Gasteiger partial charge in [0.05, 0.1) is 30.8 Å². The second-order valence-electron chi connectivity index (χ2n) is 9.07. The highest BCUT2D eigenvalue weighted by molar-refractivity contribution is 5.69. The number of carbonyl (C=O) groups excluding carboxylic acids is 1. The van der Waals surface area contributed by atoms with Gasteiger partial charge in [-0.05, 0) is 62.7 Å². The first-order chi connectivity index (χ1) is 15.0. The monoisotopic (exact) mass is 433 g/mol. The van der Waals surface area contributed by atoms with Gasteiger partial charge in [0.15, 0.2) is 0 Å². The van der Waals surface area contributed by atoms with Crippen LogP contribution in [-0.2, 0) is 9.53 Å². The zero-order chi connectivity index (χ0) is 22.7. The standard InChI is InChI=1S/C25H39NO5/c1-2-25(13-8-14-25)23(29)11-7-10-21-20(19(18-26)17-22(21)28)9-5-3-4-6-12-24(30)31-16-15-27/h3,5,7,10,19-23,27-29H,2,4,6,8-9,11-17H2,1H3/b5-3-,10-7+/t19-,20-,21+,22+,23?/m0/s1. The van der Waals surface area contributed by atoms with Crippen molar-refractivity contribution in [2.24, 2.45) is 23.2 Å². The van der Waals surface area contributed by atoms with Crippen LogP contribution in [0.4, 0.5) is 0 Å². The van der Waals surface area contributed by atoms with Crippen molar-refractivity contribution >= 4 is 5.97 Å². The fourth-order valence-corrected chi connectivity index (χ4v) is 5.02. The minimum atomic E-state index is -0.526. The van der Waals surface area contributed by atoms with Crippen LogP contribution in [0.25, 0.3) is 0 Å². The number of rotatable bonds is 13. The molecule has 0 spiro atoms. The minimum Gasteiger partial charge on any atom is -0.463 e. The molecule has 2 rings (SSSR count). The Morgan fingerprint density at radius 2 is 2.10 bits per heavy atom. The molecule has 2 aliphatic rings. The third kappa shape index (κ3) is 7.17. The Kier molecular flexibility index (Phi) is 10.7. The predicted molar refractivity (Wildman–Crippen MR) is 119 cm³/mol. The molecule has 0 aliphatic heterocycles. The van der Waals surface area contributed by atoms with Crippen LogP contribution >= 0.6 is 0 Å². The van der Waals surface area contributed by atoms with Crippen molar-refractivity contribution < 1.29 is 24.9 Å². The van der Waals surface area contributed by atoms with E-state index in [0.29, 0.717) is 32.1 Å². The van der Waals surface area contributed by atoms with Gasteiger partial charge in [-0.1, -0.05) is 37.6 Å². The number of aliphatic hydroxyl groups is 3. The largest absolute Gasteiger partial charge is 0.463 e. The van der Waals surface area contributed by atoms with Crippen LogP contribution in [0.15, 0.2) is 24.3 Å². The number of hydrogen-bond donors (Lipinski definition) is 3. The number of esters is 1. The molecular weight excluding hydrogens is 394 g/mol. The van der Waals surface area contributed by atoms with Crippen molar-refractivity contribution in [2.45, 2.75) is 83.3 Å². The summed E-state index contributed by atoms with van der Waals surface area (Å²) in [5, 5.41) is 39.3. The highest BCUT2D eigenvalue weighted by Gasteiger charge is 2.42. The Labute approximate surface area is 186 Å². The third-order valence-electron chi connectivity index (χ3n) is 7.28. The first kappa shape index (κ1) is 25.6. The number of allylic oxidation sites excluding steroid dienone is 2. The average molecular weight is 434 g/mol. The smallest absolute Gasteiger partial charge is 0.305 e. The average Bonchev–Trinajstić information content (AvgIpc) is 3.03. The normalized spacial score (nSPS) is 28.5. The fraction of sp³-hybridized carbons (Fsp3) is 0.760. The van der Waals surface area contributed by atoms with Gasteiger partial charge in [-0.3, -0.25) is 4.79 Å². The van der Waals surface area contributed by atoms with Crippen molar-refractivity contribution in [1.82, 2.24) is 0 Å². The molecule has 0 heterocycles. The van der Waals surface area contributed by atoms with Crippen LogP contribution in [0.3, 0.4) is 0 Å². The lowest BCUT2D eigenvalue weighted by Crippen LogP contribution is -2.40. The maximum atomic E-state index is 11.4. The van der Waals surface area contributed by atoms with Crippen molar-refractivity contribution in [1.29, 1.82) is 5.26 Å². The van der Waals surface area contributed by atoms with E-state index >= 15 is 0 Å². The molecule has 5 atom stereocenters. The molecule has 0 aromatic rings. The zero-order valence-corrected chi connectivity index (χ0v) is 18.8. The van der Waals surface area contributed by atoms with Crippen molar-refractivity contribution in [3.8, 4) is 6.07 Å². The van der Waals surface area contributed by atoms with E-state index in [-0.39, 0.29) is 48.5 Å². The molecule has 2 saturated carbocycles. The van der Waals surface area contributed by atoms with E-state index < -0.39 is 6.10 Å². The third-order valence-corrected chi connectivity index (χ3v) is 7.28. The molecule has 0 aromatic heterocycles. The van der Waals surface area contributed by atoms with Gasteiger partial charge in [-0.15, -0.1) is 0 Å². The van der Waals surface area contributed by atoms with Crippen LogP contribution in [0.1, 0.15) is 71.1 Å². The molecular formula is C25H39NO5. The molecule has 0 radical (unpaired) electrons. The van der Waals surface area contributed by atoms with Gasteiger partial charge in [0.25, 0.3) is 0 Å². The maximum Gasteiger partial charge on any atom is 0.305 e. The number of unbranched alkanes of at least 4 members (excludes halogenated alkanes) is 1. The summed E-state index contributed by atoms with van der Waals surface area (Å²) in [6, 6.07) is 2.35. The lowest BCUT2D eigenvalue weighted by molar-refractivity contribution is -0.144. The molecule has 2 fully saturated rings. The van der Waals surface area contributed by atoms with Crippen LogP contribution in [0.2, 0.25) is 0 Å². The maximum absolute atomic E-state index is 11.4. The number of carbonyl (C=O) groups is 1. The molecule has 0 saturated heterocycles. The summed E-state index contributed by atoms with van der Waals surface area (Å²) < 4.78 is 4.82. The summed E-state index contributed by atoms with van der Waals surface area (Å²) in [6.07, 6.45) is 15.1. The van der Waals surface area contributed by atoms with E-state index in [4.69, 9.17) is 9.84 Å². The number of nitrogens with zero attached hydrogens (tertiary/aromatic N) is 1. The minimum absolute atomic E-state index is 0.0413. The Morgan fingerprint density at radius 3 is 2.71 bits per heavy atom. The van der Waals surface area contributed by atoms with Crippen LogP contribution in [0, 0.1) is 34.5 Å². The lowest BCUT2D eigenvalue weighted by Gasteiger charge is -2.45. The van der Waals surface area contributed by atoms with Crippen LogP contribution < -0.4 is 0 Å². The molecule has 174 valence electrons. The second-order valence-corrected chi connectivity index (χ2v) is 9.07. The van der Waals surface area contributed by atoms with Gasteiger partial charge in [0.2, 0.25) is 0 Å². The number of hydrogen-bond acceptors (Lipinski definition) is 6. The Balaban J connectivity index is 1.82. The second kappa shape index (κ2) is 13.0. The molecule has 0 amide bonds. The lowest BCUT2D eigenvalue weighted by atomic mass is 9.63. The molecule has 0 aromatic carbocycles. The van der Waals surface area contributed by atoms with Gasteiger partial charge >= 0.3 is 5.97 Å². The first-order valence-corrected chi connectivity index (χ1v) is 11.8. The summed E-state index contributed by atoms with van der Waals surface area (Å²) in [6.45, 7) is 2.03. The topological polar surface area (TPSA) is 111 Å². The molecule has 2 aliphatic carbocycles. The molecule has 3 N–H and O–H groups in total. The Hall–Kier alpha value is -1.68. The molecule has 0 bridgehead atoms. The van der Waals surface area contributed by atoms with E-state index in [1.807, 2.05) is 24.3 Å². The van der Waals surface area contributed by atoms with E-state index in [9.17, 15) is 20.3 Å². The fourth-order valence-electron chi connectivity index (χ4n) is 5.02. The van der Waals surface area contributed by atoms with Gasteiger partial charge in [0.1, 0.15) is 6.61 Å². The SMILES string of the molecule is CCC1(C(O)C/C=C/[C@@H]2[C@@H](C/C=C\CCCC(=O)OCCO)[C@H](C#N)C[C@H]2O)CCC1. The molecule has 1 unspecified atom stereocenters. The summed E-state index contributed by atoms with van der Waals surface area (Å²) in [5.74, 6) is -0.497. The summed E-state index contributed by atoms with van der Waals surface area (Å²) in [5.41, 5.74) is 0.0699. The Bertz CT molecular complexity index is 643. The highest BCUT2D eigenvalue weighted by Crippen LogP contribution is 2.48. The van der Waals surface area contributed by atoms with E-state index in [1.165, 1.54) is 6.42 Å². The Morgan fingerprint density at radius 1 is 1.32 bits per heavy atom. The molecule has 31 heavy (non-hydrogen) atoms. The van der Waals surface area contributed by atoms with E-state index in [2.05, 4.69) is 13.0 Å². The van der Waals surface area contributed by atoms with E-state index in [1.54, 1.807) is 0 Å². The summed E-state index contributed by atoms with van der Waals surface area (Å²) >= 11 is 0. The summed E-state index contributed by atoms with van der Waals surface area (Å²) in [7, 11) is 0. The quantitative estimate of drug-likeness (QED) is 0.232. The van der Waals surface area contributed by atoms with Gasteiger partial charge in [0, 0.05) is 12.3 Å². The van der Waals surface area contributed by atoms with Crippen LogP contribution in [0.5, 0.6) is 0 Å². The van der Waals surface area contributed by atoms with Gasteiger partial charge < -0.3 is 20.1 Å². The van der Waals surface area contributed by atoms with Crippen molar-refractivity contribution in [2.75, 3.05) is 13.2 Å². The van der Waals surface area contributed by atoms with Gasteiger partial charge in [-0.25, -0.2) is 0 Å². The molecule has 6 nitrogen and oxygen atoms in total. The van der Waals surface area contributed by atoms with Gasteiger partial charge in [-0.2, -0.15) is 5.26 Å². The zero-order valence-electron chi connectivity index (χ0n) is 18.8. The number of aliphatic hydroxyl groups excluding tert-OH is 3. The number of nitriles is 1. The number of ether oxygens (including phenoxy) is 1. The van der Waals surface area contributed by atoms with E-state index in [0.717, 1.165) is 25.7 Å². The van der Waals surface area contributed by atoms with Crippen molar-refractivity contribution in [3.63, 3.8) is 0 Å². The highest BCUT2D eigenvalue weighted by atomic mass is 16.5. The predicted octanol–water partition coefficient (Wildman–Crippen LogP) is 3.66. The van der Waals surface area contributed by atoms with Crippen LogP contribution in [-0.4, -0.2) is 46.7 Å². The molecule has 6 heteroatoms. The summed E-state index contributed by atoms with van der Waals surface area (Å²) in [4.78, 5) is 11.4. The van der Waals surface area contributed by atoms with Crippen molar-refractivity contribution in [3.05, 3.63) is 24.3 Å². The first-order valence-electron chi connectivity index (χ1n) is 11.8.